The maximum atomic E-state index is 11.2. The molecule has 3 rings (SSSR count). The Morgan fingerprint density at radius 2 is 2.00 bits per heavy atom. The molecule has 23 heavy (non-hydrogen) atoms. The van der Waals surface area contributed by atoms with Crippen molar-refractivity contribution in [2.45, 2.75) is 57.3 Å². The van der Waals surface area contributed by atoms with Gasteiger partial charge in [0.2, 0.25) is 5.91 Å². The number of carbonyl (C=O) groups is 1. The Morgan fingerprint density at radius 3 is 2.70 bits per heavy atom. The molecule has 0 aliphatic heterocycles. The highest BCUT2D eigenvalue weighted by atomic mass is 16.1. The molecular weight excluding hydrogens is 286 g/mol. The fraction of sp³-hybridized carbons (Fsp3) is 0.474. The summed E-state index contributed by atoms with van der Waals surface area (Å²) in [6.07, 6.45) is 6.85. The van der Waals surface area contributed by atoms with Gasteiger partial charge in [-0.05, 0) is 54.0 Å². The minimum absolute atomic E-state index is 0.0114. The number of carbonyl (C=O) groups excluding carboxylic acids is 1. The molecule has 0 radical (unpaired) electrons. The van der Waals surface area contributed by atoms with Gasteiger partial charge in [-0.3, -0.25) is 4.79 Å². The molecule has 1 aromatic heterocycles. The van der Waals surface area contributed by atoms with Crippen molar-refractivity contribution in [2.75, 3.05) is 5.73 Å². The third-order valence-corrected chi connectivity index (χ3v) is 5.01. The fourth-order valence-electron chi connectivity index (χ4n) is 3.72. The molecule has 122 valence electrons. The van der Waals surface area contributed by atoms with Crippen LogP contribution in [-0.4, -0.2) is 10.9 Å². The van der Waals surface area contributed by atoms with Gasteiger partial charge in [0.25, 0.3) is 0 Å². The zero-order chi connectivity index (χ0) is 16.4. The lowest BCUT2D eigenvalue weighted by atomic mass is 9.83. The summed E-state index contributed by atoms with van der Waals surface area (Å²) in [6, 6.07) is 8.59. The van der Waals surface area contributed by atoms with Gasteiger partial charge in [-0.1, -0.05) is 32.3 Å². The van der Waals surface area contributed by atoms with Crippen LogP contribution in [0.1, 0.15) is 68.4 Å². The highest BCUT2D eigenvalue weighted by Gasteiger charge is 2.17. The van der Waals surface area contributed by atoms with Gasteiger partial charge in [0, 0.05) is 11.8 Å². The first-order valence-electron chi connectivity index (χ1n) is 8.53. The van der Waals surface area contributed by atoms with Crippen LogP contribution in [0.4, 0.5) is 5.82 Å². The molecular formula is C19H25N3O. The molecule has 4 N–H and O–H groups in total. The second kappa shape index (κ2) is 6.57. The van der Waals surface area contributed by atoms with Crippen LogP contribution < -0.4 is 11.5 Å². The molecule has 1 heterocycles. The van der Waals surface area contributed by atoms with Gasteiger partial charge in [0.15, 0.2) is 0 Å². The molecule has 4 nitrogen and oxygen atoms in total. The number of pyridine rings is 1. The molecule has 0 saturated heterocycles. The highest BCUT2D eigenvalue weighted by molar-refractivity contribution is 5.83. The number of fused-ring (bicyclic) bond motifs is 1. The topological polar surface area (TPSA) is 82.0 Å². The minimum atomic E-state index is -0.312. The van der Waals surface area contributed by atoms with Crippen molar-refractivity contribution in [1.82, 2.24) is 4.98 Å². The number of hydrogen-bond donors (Lipinski definition) is 2. The maximum absolute atomic E-state index is 11.2. The van der Waals surface area contributed by atoms with E-state index >= 15 is 0 Å². The minimum Gasteiger partial charge on any atom is -0.383 e. The van der Waals surface area contributed by atoms with Gasteiger partial charge in [-0.15, -0.1) is 0 Å². The van der Waals surface area contributed by atoms with E-state index in [1.54, 1.807) is 0 Å². The molecule has 1 aliphatic rings. The monoisotopic (exact) mass is 311 g/mol. The van der Waals surface area contributed by atoms with Crippen molar-refractivity contribution in [1.29, 1.82) is 0 Å². The van der Waals surface area contributed by atoms with Gasteiger partial charge < -0.3 is 11.5 Å². The van der Waals surface area contributed by atoms with Gasteiger partial charge >= 0.3 is 0 Å². The Bertz CT molecular complexity index is 720. The Morgan fingerprint density at radius 1 is 1.26 bits per heavy atom. The van der Waals surface area contributed by atoms with Gasteiger partial charge in [-0.25, -0.2) is 4.98 Å². The van der Waals surface area contributed by atoms with E-state index in [9.17, 15) is 4.79 Å². The molecule has 0 bridgehead atoms. The zero-order valence-electron chi connectivity index (χ0n) is 13.7. The van der Waals surface area contributed by atoms with E-state index in [2.05, 4.69) is 29.2 Å². The van der Waals surface area contributed by atoms with E-state index in [-0.39, 0.29) is 11.8 Å². The molecule has 1 saturated carbocycles. The number of primary amides is 1. The lowest BCUT2D eigenvalue weighted by Crippen LogP contribution is -2.15. The van der Waals surface area contributed by atoms with Crippen molar-refractivity contribution in [3.8, 4) is 0 Å². The first-order valence-corrected chi connectivity index (χ1v) is 8.53. The third-order valence-electron chi connectivity index (χ3n) is 5.01. The molecule has 2 aromatic rings. The van der Waals surface area contributed by atoms with Crippen LogP contribution >= 0.6 is 0 Å². The molecule has 1 unspecified atom stereocenters. The van der Waals surface area contributed by atoms with Crippen LogP contribution in [-0.2, 0) is 4.79 Å². The summed E-state index contributed by atoms with van der Waals surface area (Å²) in [4.78, 5) is 15.7. The van der Waals surface area contributed by atoms with Gasteiger partial charge in [0.1, 0.15) is 5.82 Å². The first-order chi connectivity index (χ1) is 11.0. The largest absolute Gasteiger partial charge is 0.383 e. The SMILES string of the molecule is CC(CC(N)=O)c1cc2cc(C3CCCCC3)ccc2nc1N. The Labute approximate surface area is 137 Å². The molecule has 1 amide bonds. The summed E-state index contributed by atoms with van der Waals surface area (Å²) < 4.78 is 0. The van der Waals surface area contributed by atoms with Crippen LogP contribution in [0.25, 0.3) is 10.9 Å². The number of nitrogen functional groups attached to an aromatic ring is 1. The predicted octanol–water partition coefficient (Wildman–Crippen LogP) is 3.84. The molecule has 1 aromatic carbocycles. The lowest BCUT2D eigenvalue weighted by Gasteiger charge is -2.22. The molecule has 0 spiro atoms. The lowest BCUT2D eigenvalue weighted by molar-refractivity contribution is -0.118. The van der Waals surface area contributed by atoms with E-state index in [0.29, 0.717) is 18.2 Å². The Balaban J connectivity index is 1.96. The number of nitrogens with two attached hydrogens (primary N) is 2. The summed E-state index contributed by atoms with van der Waals surface area (Å²) in [5.41, 5.74) is 14.6. The second-order valence-electron chi connectivity index (χ2n) is 6.82. The van der Waals surface area contributed by atoms with Crippen LogP contribution in [0.5, 0.6) is 0 Å². The molecule has 1 aliphatic carbocycles. The summed E-state index contributed by atoms with van der Waals surface area (Å²) in [5, 5.41) is 1.11. The van der Waals surface area contributed by atoms with Crippen molar-refractivity contribution in [3.63, 3.8) is 0 Å². The number of rotatable bonds is 4. The quantitative estimate of drug-likeness (QED) is 0.900. The van der Waals surface area contributed by atoms with Gasteiger partial charge in [-0.2, -0.15) is 0 Å². The number of hydrogen-bond acceptors (Lipinski definition) is 3. The Hall–Kier alpha value is -2.10. The molecule has 4 heteroatoms. The maximum Gasteiger partial charge on any atom is 0.218 e. The third kappa shape index (κ3) is 3.46. The number of nitrogens with zero attached hydrogens (tertiary/aromatic N) is 1. The van der Waals surface area contributed by atoms with Crippen LogP contribution in [0.2, 0.25) is 0 Å². The molecule has 1 atom stereocenters. The van der Waals surface area contributed by atoms with E-state index in [0.717, 1.165) is 16.5 Å². The second-order valence-corrected chi connectivity index (χ2v) is 6.82. The van der Waals surface area contributed by atoms with Crippen molar-refractivity contribution < 1.29 is 4.79 Å². The smallest absolute Gasteiger partial charge is 0.218 e. The summed E-state index contributed by atoms with van der Waals surface area (Å²) in [7, 11) is 0. The van der Waals surface area contributed by atoms with E-state index in [4.69, 9.17) is 11.5 Å². The van der Waals surface area contributed by atoms with E-state index in [1.165, 1.54) is 37.7 Å². The normalized spacial score (nSPS) is 17.3. The van der Waals surface area contributed by atoms with Crippen LogP contribution in [0.3, 0.4) is 0 Å². The summed E-state index contributed by atoms with van der Waals surface area (Å²) in [5.74, 6) is 0.838. The van der Waals surface area contributed by atoms with Crippen LogP contribution in [0, 0.1) is 0 Å². The van der Waals surface area contributed by atoms with Crippen molar-refractivity contribution >= 4 is 22.6 Å². The first kappa shape index (κ1) is 15.8. The standard InChI is InChI=1S/C19H25N3O/c1-12(9-18(20)23)16-11-15-10-14(13-5-3-2-4-6-13)7-8-17(15)22-19(16)21/h7-8,10-13H,2-6,9H2,1H3,(H2,20,23)(H2,21,22). The van der Waals surface area contributed by atoms with Crippen LogP contribution in [0.15, 0.2) is 24.3 Å². The number of anilines is 1. The molecule has 1 fully saturated rings. The van der Waals surface area contributed by atoms with Gasteiger partial charge in [0.05, 0.1) is 5.52 Å². The van der Waals surface area contributed by atoms with Crippen molar-refractivity contribution in [2.24, 2.45) is 5.73 Å². The predicted molar refractivity (Wildman–Crippen MR) is 94.2 cm³/mol. The van der Waals surface area contributed by atoms with E-state index in [1.807, 2.05) is 6.92 Å². The zero-order valence-corrected chi connectivity index (χ0v) is 13.7. The number of benzene rings is 1. The Kier molecular flexibility index (Phi) is 4.51. The fourth-order valence-corrected chi connectivity index (χ4v) is 3.72. The number of aromatic nitrogens is 1. The summed E-state index contributed by atoms with van der Waals surface area (Å²) in [6.45, 7) is 1.97. The van der Waals surface area contributed by atoms with E-state index < -0.39 is 0 Å². The average Bonchev–Trinajstić information content (AvgIpc) is 2.54. The summed E-state index contributed by atoms with van der Waals surface area (Å²) >= 11 is 0. The number of amides is 1. The van der Waals surface area contributed by atoms with Crippen molar-refractivity contribution in [3.05, 3.63) is 35.4 Å². The average molecular weight is 311 g/mol. The highest BCUT2D eigenvalue weighted by Crippen LogP contribution is 2.35.